The van der Waals surface area contributed by atoms with Crippen molar-refractivity contribution in [2.24, 2.45) is 11.8 Å². The monoisotopic (exact) mass is 378 g/mol. The van der Waals surface area contributed by atoms with Crippen LogP contribution in [0, 0.1) is 17.0 Å². The van der Waals surface area contributed by atoms with Gasteiger partial charge in [0.2, 0.25) is 0 Å². The molecule has 0 aromatic heterocycles. The molecule has 2 aromatic rings. The van der Waals surface area contributed by atoms with Crippen LogP contribution in [0.15, 0.2) is 54.6 Å². The summed E-state index contributed by atoms with van der Waals surface area (Å²) < 4.78 is -0.109. The van der Waals surface area contributed by atoms with Crippen molar-refractivity contribution >= 4 is 5.69 Å². The van der Waals surface area contributed by atoms with E-state index in [0.717, 1.165) is 57.3 Å². The highest BCUT2D eigenvalue weighted by Gasteiger charge is 2.43. The summed E-state index contributed by atoms with van der Waals surface area (Å²) in [4.78, 5) is 0. The molecule has 1 fully saturated rings. The predicted molar refractivity (Wildman–Crippen MR) is 118 cm³/mol. The number of fused-ring (bicyclic) bond motifs is 1. The lowest BCUT2D eigenvalue weighted by Crippen LogP contribution is -2.59. The number of nitrogens with one attached hydrogen (secondary N) is 1. The number of aryl methyl sites for hydroxylation is 1. The van der Waals surface area contributed by atoms with Crippen molar-refractivity contribution in [2.75, 3.05) is 19.6 Å². The van der Waals surface area contributed by atoms with Gasteiger partial charge in [0, 0.05) is 17.9 Å². The SMILES string of the molecule is CCC[N+]1([O-])c2ccccc2CCCC1C1CCNCC1Cc1ccccc1. The summed E-state index contributed by atoms with van der Waals surface area (Å²) in [7, 11) is 0. The minimum atomic E-state index is -0.109. The molecule has 0 saturated carbocycles. The Balaban J connectivity index is 1.67. The van der Waals surface area contributed by atoms with Crippen LogP contribution in [0.5, 0.6) is 0 Å². The van der Waals surface area contributed by atoms with E-state index < -0.39 is 0 Å². The summed E-state index contributed by atoms with van der Waals surface area (Å²) in [6.07, 6.45) is 6.36. The number of hydroxylamine groups is 2. The third kappa shape index (κ3) is 3.89. The van der Waals surface area contributed by atoms with E-state index >= 15 is 0 Å². The smallest absolute Gasteiger partial charge is 0.136 e. The number of rotatable bonds is 5. The molecule has 0 radical (unpaired) electrons. The fourth-order valence-corrected chi connectivity index (χ4v) is 5.71. The lowest BCUT2D eigenvalue weighted by atomic mass is 9.75. The molecule has 150 valence electrons. The third-order valence-corrected chi connectivity index (χ3v) is 6.94. The quantitative estimate of drug-likeness (QED) is 0.582. The topological polar surface area (TPSA) is 35.1 Å². The molecule has 2 aliphatic heterocycles. The van der Waals surface area contributed by atoms with E-state index in [0.29, 0.717) is 18.4 Å². The fraction of sp³-hybridized carbons (Fsp3) is 0.520. The van der Waals surface area contributed by atoms with Gasteiger partial charge in [0.25, 0.3) is 0 Å². The van der Waals surface area contributed by atoms with Gasteiger partial charge in [-0.3, -0.25) is 0 Å². The molecular weight excluding hydrogens is 344 g/mol. The first-order valence-corrected chi connectivity index (χ1v) is 11.1. The predicted octanol–water partition coefficient (Wildman–Crippen LogP) is 5.08. The largest absolute Gasteiger partial charge is 0.627 e. The average molecular weight is 379 g/mol. The van der Waals surface area contributed by atoms with Crippen molar-refractivity contribution < 1.29 is 0 Å². The van der Waals surface area contributed by atoms with Gasteiger partial charge in [-0.25, -0.2) is 0 Å². The normalized spacial score (nSPS) is 30.4. The van der Waals surface area contributed by atoms with Crippen LogP contribution >= 0.6 is 0 Å². The van der Waals surface area contributed by atoms with Crippen molar-refractivity contribution in [3.63, 3.8) is 0 Å². The average Bonchev–Trinajstić information content (AvgIpc) is 2.87. The first-order valence-electron chi connectivity index (χ1n) is 11.1. The summed E-state index contributed by atoms with van der Waals surface area (Å²) in [5.74, 6) is 1.02. The van der Waals surface area contributed by atoms with Crippen LogP contribution in [-0.4, -0.2) is 25.7 Å². The Hall–Kier alpha value is -1.68. The number of para-hydroxylation sites is 1. The Bertz CT molecular complexity index is 762. The van der Waals surface area contributed by atoms with E-state index in [1.807, 2.05) is 0 Å². The van der Waals surface area contributed by atoms with Crippen LogP contribution < -0.4 is 9.96 Å². The molecule has 0 bridgehead atoms. The van der Waals surface area contributed by atoms with Crippen molar-refractivity contribution in [1.29, 1.82) is 0 Å². The number of nitrogens with zero attached hydrogens (tertiary/aromatic N) is 1. The van der Waals surface area contributed by atoms with Crippen LogP contribution in [0.25, 0.3) is 0 Å². The zero-order valence-electron chi connectivity index (χ0n) is 17.1. The molecule has 3 heteroatoms. The molecule has 2 aromatic carbocycles. The number of hydrogen-bond donors (Lipinski definition) is 1. The number of quaternary nitrogens is 1. The van der Waals surface area contributed by atoms with Crippen molar-refractivity contribution in [2.45, 2.75) is 51.5 Å². The second kappa shape index (κ2) is 8.77. The van der Waals surface area contributed by atoms with Gasteiger partial charge in [-0.1, -0.05) is 55.5 Å². The van der Waals surface area contributed by atoms with Gasteiger partial charge >= 0.3 is 0 Å². The van der Waals surface area contributed by atoms with E-state index in [9.17, 15) is 5.21 Å². The van der Waals surface area contributed by atoms with Gasteiger partial charge in [0.05, 0.1) is 12.6 Å². The molecule has 4 rings (SSSR count). The number of hydrogen-bond acceptors (Lipinski definition) is 2. The Kier molecular flexibility index (Phi) is 6.15. The fourth-order valence-electron chi connectivity index (χ4n) is 5.71. The Morgan fingerprint density at radius 2 is 1.82 bits per heavy atom. The molecule has 4 atom stereocenters. The summed E-state index contributed by atoms with van der Waals surface area (Å²) >= 11 is 0. The molecule has 2 aliphatic rings. The van der Waals surface area contributed by atoms with Crippen LogP contribution in [0.4, 0.5) is 5.69 Å². The second-order valence-electron chi connectivity index (χ2n) is 8.71. The highest BCUT2D eigenvalue weighted by molar-refractivity contribution is 5.53. The zero-order valence-corrected chi connectivity index (χ0v) is 17.1. The molecular formula is C25H34N2O. The van der Waals surface area contributed by atoms with E-state index in [1.165, 1.54) is 11.1 Å². The minimum absolute atomic E-state index is 0.109. The van der Waals surface area contributed by atoms with Gasteiger partial charge in [0.1, 0.15) is 5.69 Å². The lowest BCUT2D eigenvalue weighted by molar-refractivity contribution is 0.116. The first-order chi connectivity index (χ1) is 13.7. The molecule has 3 nitrogen and oxygen atoms in total. The highest BCUT2D eigenvalue weighted by Crippen LogP contribution is 2.42. The van der Waals surface area contributed by atoms with Crippen LogP contribution in [-0.2, 0) is 12.8 Å². The van der Waals surface area contributed by atoms with E-state index in [4.69, 9.17) is 0 Å². The zero-order chi connectivity index (χ0) is 19.4. The standard InChI is InChI=1S/C25H34N2O/c1-2-17-27(28)24-13-7-6-11-21(24)12-8-14-25(27)23-15-16-26-19-22(23)18-20-9-4-3-5-10-20/h3-7,9-11,13,22-23,25-26H,2,8,12,14-19H2,1H3. The summed E-state index contributed by atoms with van der Waals surface area (Å²) in [5.41, 5.74) is 3.72. The summed E-state index contributed by atoms with van der Waals surface area (Å²) in [6.45, 7) is 4.93. The molecule has 4 unspecified atom stereocenters. The number of piperidine rings is 1. The molecule has 28 heavy (non-hydrogen) atoms. The lowest BCUT2D eigenvalue weighted by Gasteiger charge is -2.53. The Labute approximate surface area is 169 Å². The molecule has 0 amide bonds. The maximum absolute atomic E-state index is 14.5. The highest BCUT2D eigenvalue weighted by atomic mass is 16.5. The third-order valence-electron chi connectivity index (χ3n) is 6.94. The summed E-state index contributed by atoms with van der Waals surface area (Å²) in [5, 5.41) is 18.1. The van der Waals surface area contributed by atoms with Crippen molar-refractivity contribution in [3.05, 3.63) is 70.9 Å². The maximum atomic E-state index is 14.5. The Morgan fingerprint density at radius 3 is 2.64 bits per heavy atom. The molecule has 1 N–H and O–H groups in total. The van der Waals surface area contributed by atoms with Gasteiger partial charge in [-0.2, -0.15) is 0 Å². The van der Waals surface area contributed by atoms with E-state index in [2.05, 4.69) is 66.8 Å². The summed E-state index contributed by atoms with van der Waals surface area (Å²) in [6, 6.07) is 19.5. The van der Waals surface area contributed by atoms with Gasteiger partial charge in [-0.05, 0) is 62.7 Å². The van der Waals surface area contributed by atoms with Crippen molar-refractivity contribution in [3.8, 4) is 0 Å². The molecule has 0 spiro atoms. The maximum Gasteiger partial charge on any atom is 0.136 e. The van der Waals surface area contributed by atoms with Gasteiger partial charge in [0.15, 0.2) is 0 Å². The van der Waals surface area contributed by atoms with Gasteiger partial charge in [-0.15, -0.1) is 0 Å². The van der Waals surface area contributed by atoms with E-state index in [-0.39, 0.29) is 10.7 Å². The first kappa shape index (κ1) is 19.6. The van der Waals surface area contributed by atoms with Crippen molar-refractivity contribution in [1.82, 2.24) is 9.96 Å². The van der Waals surface area contributed by atoms with Gasteiger partial charge < -0.3 is 15.2 Å². The molecule has 0 aliphatic carbocycles. The molecule has 2 heterocycles. The Morgan fingerprint density at radius 1 is 1.04 bits per heavy atom. The molecule has 1 saturated heterocycles. The number of benzene rings is 2. The van der Waals surface area contributed by atoms with Crippen LogP contribution in [0.2, 0.25) is 0 Å². The minimum Gasteiger partial charge on any atom is -0.627 e. The second-order valence-corrected chi connectivity index (χ2v) is 8.71. The van der Waals surface area contributed by atoms with E-state index in [1.54, 1.807) is 0 Å². The van der Waals surface area contributed by atoms with Crippen LogP contribution in [0.3, 0.4) is 0 Å². The van der Waals surface area contributed by atoms with Crippen LogP contribution in [0.1, 0.15) is 43.7 Å².